The van der Waals surface area contributed by atoms with Gasteiger partial charge in [-0.1, -0.05) is 60.7 Å². The van der Waals surface area contributed by atoms with Crippen LogP contribution in [0.15, 0.2) is 72.2 Å². The summed E-state index contributed by atoms with van der Waals surface area (Å²) in [7, 11) is 0. The average molecular weight is 382 g/mol. The number of hydrogen-bond acceptors (Lipinski definition) is 5. The molecule has 0 saturated carbocycles. The highest BCUT2D eigenvalue weighted by atomic mass is 16.5. The molecule has 0 atom stereocenters. The van der Waals surface area contributed by atoms with Crippen molar-refractivity contribution in [3.63, 3.8) is 0 Å². The van der Waals surface area contributed by atoms with Crippen LogP contribution in [-0.2, 0) is 23.9 Å². The smallest absolute Gasteiger partial charge is 0.341 e. The summed E-state index contributed by atoms with van der Waals surface area (Å²) >= 11 is 0. The third-order valence-electron chi connectivity index (χ3n) is 3.34. The fourth-order valence-electron chi connectivity index (χ4n) is 2.15. The van der Waals surface area contributed by atoms with Gasteiger partial charge in [0, 0.05) is 0 Å². The summed E-state index contributed by atoms with van der Waals surface area (Å²) in [6, 6.07) is 17.4. The molecule has 0 aliphatic carbocycles. The second-order valence-corrected chi connectivity index (χ2v) is 5.53. The SMILES string of the molecule is O=C(O)COC(=Cc1ccccc1)C(=O)C(=Cc1ccccc1)OCC(=O)O. The van der Waals surface area contributed by atoms with E-state index in [4.69, 9.17) is 19.7 Å². The molecule has 28 heavy (non-hydrogen) atoms. The lowest BCUT2D eigenvalue weighted by Gasteiger charge is -2.12. The van der Waals surface area contributed by atoms with E-state index in [0.717, 1.165) is 0 Å². The van der Waals surface area contributed by atoms with E-state index >= 15 is 0 Å². The number of rotatable bonds is 10. The van der Waals surface area contributed by atoms with Crippen molar-refractivity contribution in [1.29, 1.82) is 0 Å². The molecule has 0 spiro atoms. The average Bonchev–Trinajstić information content (AvgIpc) is 2.69. The van der Waals surface area contributed by atoms with Crippen LogP contribution in [0.5, 0.6) is 0 Å². The number of carboxylic acids is 2. The second kappa shape index (κ2) is 10.3. The zero-order chi connectivity index (χ0) is 20.4. The van der Waals surface area contributed by atoms with Gasteiger partial charge in [0.1, 0.15) is 0 Å². The Balaban J connectivity index is 2.39. The summed E-state index contributed by atoms with van der Waals surface area (Å²) in [5, 5.41) is 17.7. The first-order chi connectivity index (χ1) is 13.5. The van der Waals surface area contributed by atoms with Crippen LogP contribution in [0.2, 0.25) is 0 Å². The van der Waals surface area contributed by atoms with Crippen molar-refractivity contribution in [1.82, 2.24) is 0 Å². The Labute approximate surface area is 161 Å². The molecule has 144 valence electrons. The van der Waals surface area contributed by atoms with E-state index in [1.807, 2.05) is 0 Å². The van der Waals surface area contributed by atoms with Gasteiger partial charge < -0.3 is 19.7 Å². The van der Waals surface area contributed by atoms with E-state index in [1.165, 1.54) is 12.2 Å². The Morgan fingerprint density at radius 1 is 0.679 bits per heavy atom. The van der Waals surface area contributed by atoms with E-state index in [-0.39, 0.29) is 11.5 Å². The van der Waals surface area contributed by atoms with Crippen LogP contribution in [-0.4, -0.2) is 41.1 Å². The van der Waals surface area contributed by atoms with Crippen molar-refractivity contribution in [3.05, 3.63) is 83.3 Å². The van der Waals surface area contributed by atoms with Gasteiger partial charge in [0.15, 0.2) is 24.7 Å². The number of ketones is 1. The van der Waals surface area contributed by atoms with Crippen LogP contribution in [0.3, 0.4) is 0 Å². The second-order valence-electron chi connectivity index (χ2n) is 5.53. The Kier molecular flexibility index (Phi) is 7.53. The highest BCUT2D eigenvalue weighted by Gasteiger charge is 2.21. The number of benzene rings is 2. The van der Waals surface area contributed by atoms with Crippen molar-refractivity contribution in [2.45, 2.75) is 0 Å². The maximum atomic E-state index is 12.9. The molecule has 0 heterocycles. The van der Waals surface area contributed by atoms with Crippen molar-refractivity contribution in [2.75, 3.05) is 13.2 Å². The molecule has 0 radical (unpaired) electrons. The minimum absolute atomic E-state index is 0.277. The van der Waals surface area contributed by atoms with Gasteiger partial charge in [-0.25, -0.2) is 9.59 Å². The first-order valence-electron chi connectivity index (χ1n) is 8.23. The Morgan fingerprint density at radius 3 is 1.36 bits per heavy atom. The van der Waals surface area contributed by atoms with Gasteiger partial charge in [0.2, 0.25) is 0 Å². The Hall–Kier alpha value is -3.87. The molecule has 0 aliphatic heterocycles. The molecule has 2 N–H and O–H groups in total. The zero-order valence-corrected chi connectivity index (χ0v) is 14.8. The first kappa shape index (κ1) is 20.4. The summed E-state index contributed by atoms with van der Waals surface area (Å²) in [5.41, 5.74) is 1.21. The van der Waals surface area contributed by atoms with E-state index in [0.29, 0.717) is 11.1 Å². The lowest BCUT2D eigenvalue weighted by Crippen LogP contribution is -2.17. The van der Waals surface area contributed by atoms with Gasteiger partial charge in [0.25, 0.3) is 5.78 Å². The van der Waals surface area contributed by atoms with Gasteiger partial charge in [-0.05, 0) is 23.3 Å². The van der Waals surface area contributed by atoms with Crippen LogP contribution in [0.4, 0.5) is 0 Å². The van der Waals surface area contributed by atoms with Crippen molar-refractivity contribution in [3.8, 4) is 0 Å². The van der Waals surface area contributed by atoms with E-state index in [1.54, 1.807) is 60.7 Å². The molecule has 2 aromatic rings. The summed E-state index contributed by atoms with van der Waals surface area (Å²) in [4.78, 5) is 34.6. The van der Waals surface area contributed by atoms with Crippen molar-refractivity contribution < 1.29 is 34.1 Å². The molecule has 2 aromatic carbocycles. The number of aliphatic carboxylic acids is 2. The molecule has 0 fully saturated rings. The van der Waals surface area contributed by atoms with Crippen molar-refractivity contribution >= 4 is 29.9 Å². The number of hydrogen-bond donors (Lipinski definition) is 2. The van der Waals surface area contributed by atoms with Gasteiger partial charge in [-0.3, -0.25) is 4.79 Å². The molecule has 0 aliphatic rings. The van der Waals surface area contributed by atoms with E-state index in [2.05, 4.69) is 0 Å². The molecule has 0 bridgehead atoms. The van der Waals surface area contributed by atoms with Gasteiger partial charge >= 0.3 is 11.9 Å². The van der Waals surface area contributed by atoms with Crippen LogP contribution < -0.4 is 0 Å². The lowest BCUT2D eigenvalue weighted by atomic mass is 10.1. The van der Waals surface area contributed by atoms with Crippen LogP contribution >= 0.6 is 0 Å². The van der Waals surface area contributed by atoms with Crippen LogP contribution in [0.1, 0.15) is 11.1 Å². The fraction of sp³-hybridized carbons (Fsp3) is 0.0952. The molecule has 0 amide bonds. The largest absolute Gasteiger partial charge is 0.479 e. The number of carboxylic acid groups (broad SMARTS) is 2. The number of carbonyl (C=O) groups excluding carboxylic acids is 1. The molecule has 0 aromatic heterocycles. The third kappa shape index (κ3) is 6.80. The maximum Gasteiger partial charge on any atom is 0.341 e. The number of carbonyl (C=O) groups is 3. The standard InChI is InChI=1S/C21H18O7/c22-19(23)13-27-17(11-15-7-3-1-4-8-15)21(26)18(28-14-20(24)25)12-16-9-5-2-6-10-16/h1-12H,13-14H2,(H,22,23)(H,24,25). The summed E-state index contributed by atoms with van der Waals surface area (Å²) in [5.74, 6) is -3.84. The van der Waals surface area contributed by atoms with Gasteiger partial charge in [-0.15, -0.1) is 0 Å². The minimum atomic E-state index is -1.26. The highest BCUT2D eigenvalue weighted by Crippen LogP contribution is 2.17. The van der Waals surface area contributed by atoms with Gasteiger partial charge in [0.05, 0.1) is 0 Å². The van der Waals surface area contributed by atoms with Crippen LogP contribution in [0.25, 0.3) is 12.2 Å². The third-order valence-corrected chi connectivity index (χ3v) is 3.34. The molecule has 7 nitrogen and oxygen atoms in total. The molecular weight excluding hydrogens is 364 g/mol. The Morgan fingerprint density at radius 2 is 1.04 bits per heavy atom. The molecule has 0 unspecified atom stereocenters. The number of ether oxygens (including phenoxy) is 2. The Bertz CT molecular complexity index is 810. The number of Topliss-reactive ketones (excluding diaryl/α,β-unsaturated/α-hetero) is 1. The zero-order valence-electron chi connectivity index (χ0n) is 14.8. The summed E-state index contributed by atoms with van der Waals surface area (Å²) in [6.07, 6.45) is 2.74. The lowest BCUT2D eigenvalue weighted by molar-refractivity contribution is -0.141. The molecule has 7 heteroatoms. The van der Waals surface area contributed by atoms with Crippen molar-refractivity contribution in [2.24, 2.45) is 0 Å². The fourth-order valence-corrected chi connectivity index (χ4v) is 2.15. The summed E-state index contributed by atoms with van der Waals surface area (Å²) in [6.45, 7) is -1.47. The monoisotopic (exact) mass is 382 g/mol. The molecular formula is C21H18O7. The molecule has 0 saturated heterocycles. The highest BCUT2D eigenvalue weighted by molar-refractivity contribution is 6.10. The predicted octanol–water partition coefficient (Wildman–Crippen LogP) is 2.84. The topological polar surface area (TPSA) is 110 Å². The summed E-state index contributed by atoms with van der Waals surface area (Å²) < 4.78 is 10.3. The predicted molar refractivity (Wildman–Crippen MR) is 101 cm³/mol. The minimum Gasteiger partial charge on any atom is -0.479 e. The van der Waals surface area contributed by atoms with Gasteiger partial charge in [-0.2, -0.15) is 0 Å². The quantitative estimate of drug-likeness (QED) is 0.480. The molecule has 2 rings (SSSR count). The maximum absolute atomic E-state index is 12.9. The van der Waals surface area contributed by atoms with E-state index < -0.39 is 30.9 Å². The normalized spacial score (nSPS) is 11.6. The van der Waals surface area contributed by atoms with E-state index in [9.17, 15) is 14.4 Å². The van der Waals surface area contributed by atoms with Crippen LogP contribution in [0, 0.1) is 0 Å². The first-order valence-corrected chi connectivity index (χ1v) is 8.23.